The van der Waals surface area contributed by atoms with Gasteiger partial charge < -0.3 is 15.1 Å². The molecule has 0 unspecified atom stereocenters. The number of carbonyl (C=O) groups is 1. The van der Waals surface area contributed by atoms with Crippen LogP contribution >= 0.6 is 0 Å². The number of fused-ring (bicyclic) bond motifs is 1. The van der Waals surface area contributed by atoms with Gasteiger partial charge >= 0.3 is 6.03 Å². The highest BCUT2D eigenvalue weighted by Crippen LogP contribution is 2.35. The molecular formula is C18H31N3O. The van der Waals surface area contributed by atoms with E-state index in [9.17, 15) is 4.79 Å². The van der Waals surface area contributed by atoms with Gasteiger partial charge in [0.05, 0.1) is 0 Å². The lowest BCUT2D eigenvalue weighted by atomic mass is 9.81. The Balaban J connectivity index is 1.39. The normalized spacial score (nSPS) is 35.5. The van der Waals surface area contributed by atoms with Crippen molar-refractivity contribution < 1.29 is 4.79 Å². The van der Waals surface area contributed by atoms with Gasteiger partial charge in [-0.25, -0.2) is 4.79 Å². The number of carbonyl (C=O) groups excluding carboxylic acids is 1. The lowest BCUT2D eigenvalue weighted by Gasteiger charge is -2.49. The van der Waals surface area contributed by atoms with Gasteiger partial charge in [-0.3, -0.25) is 0 Å². The van der Waals surface area contributed by atoms with Crippen LogP contribution in [-0.4, -0.2) is 53.6 Å². The van der Waals surface area contributed by atoms with Crippen molar-refractivity contribution in [2.24, 2.45) is 5.92 Å². The summed E-state index contributed by atoms with van der Waals surface area (Å²) in [6, 6.07) is 2.09. The summed E-state index contributed by atoms with van der Waals surface area (Å²) < 4.78 is 0. The number of nitrogens with zero attached hydrogens (tertiary/aromatic N) is 2. The predicted octanol–water partition coefficient (Wildman–Crippen LogP) is 2.98. The maximum absolute atomic E-state index is 12.5. The average molecular weight is 305 g/mol. The van der Waals surface area contributed by atoms with Crippen molar-refractivity contribution in [1.29, 1.82) is 0 Å². The van der Waals surface area contributed by atoms with Crippen molar-refractivity contribution in [2.45, 2.75) is 82.3 Å². The van der Waals surface area contributed by atoms with E-state index in [2.05, 4.69) is 15.1 Å². The van der Waals surface area contributed by atoms with Crippen LogP contribution < -0.4 is 5.32 Å². The Hall–Kier alpha value is -0.770. The molecule has 2 amide bonds. The quantitative estimate of drug-likeness (QED) is 0.851. The van der Waals surface area contributed by atoms with Crippen molar-refractivity contribution in [1.82, 2.24) is 15.1 Å². The first kappa shape index (κ1) is 14.8. The maximum Gasteiger partial charge on any atom is 0.317 e. The van der Waals surface area contributed by atoms with Gasteiger partial charge in [-0.2, -0.15) is 0 Å². The number of hydrogen-bond acceptors (Lipinski definition) is 2. The van der Waals surface area contributed by atoms with Gasteiger partial charge in [-0.1, -0.05) is 25.7 Å². The van der Waals surface area contributed by atoms with Gasteiger partial charge in [-0.05, 0) is 44.4 Å². The molecule has 0 spiro atoms. The first-order valence-corrected chi connectivity index (χ1v) is 9.63. The van der Waals surface area contributed by atoms with Crippen LogP contribution in [0.1, 0.15) is 64.2 Å². The molecule has 1 N–H and O–H groups in total. The number of rotatable bonds is 2. The minimum Gasteiger partial charge on any atom is -0.338 e. The molecule has 2 heterocycles. The van der Waals surface area contributed by atoms with E-state index in [1.54, 1.807) is 0 Å². The summed E-state index contributed by atoms with van der Waals surface area (Å²) in [7, 11) is 0. The maximum atomic E-state index is 12.5. The molecule has 2 aliphatic heterocycles. The summed E-state index contributed by atoms with van der Waals surface area (Å²) in [6.45, 7) is 3.33. The summed E-state index contributed by atoms with van der Waals surface area (Å²) in [5.41, 5.74) is 0. The second-order valence-corrected chi connectivity index (χ2v) is 7.91. The molecule has 4 heteroatoms. The van der Waals surface area contributed by atoms with E-state index in [1.165, 1.54) is 77.3 Å². The third-order valence-electron chi connectivity index (χ3n) is 6.71. The summed E-state index contributed by atoms with van der Waals surface area (Å²) in [5, 5.41) is 3.17. The van der Waals surface area contributed by atoms with E-state index < -0.39 is 0 Å². The lowest BCUT2D eigenvalue weighted by molar-refractivity contribution is 0.0327. The van der Waals surface area contributed by atoms with E-state index in [0.29, 0.717) is 18.0 Å². The van der Waals surface area contributed by atoms with Gasteiger partial charge in [0.15, 0.2) is 0 Å². The largest absolute Gasteiger partial charge is 0.338 e. The van der Waals surface area contributed by atoms with Gasteiger partial charge in [0.2, 0.25) is 0 Å². The number of nitrogens with one attached hydrogen (secondary N) is 1. The molecule has 4 nitrogen and oxygen atoms in total. The summed E-state index contributed by atoms with van der Waals surface area (Å²) >= 11 is 0. The summed E-state index contributed by atoms with van der Waals surface area (Å²) in [6.07, 6.45) is 13.2. The standard InChI is InChI=1S/C18H31N3O/c22-18-19-13-14-5-1-4-8-17(14)21(18)16-9-11-20(12-10-16)15-6-2-3-7-15/h14-17H,1-13H2,(H,19,22)/t14-,17+/m1/s1. The SMILES string of the molecule is O=C1NC[C@H]2CCCC[C@@H]2N1C1CCN(C2CCCC2)CC1. The fourth-order valence-electron chi connectivity index (χ4n) is 5.49. The number of urea groups is 1. The van der Waals surface area contributed by atoms with E-state index in [4.69, 9.17) is 0 Å². The van der Waals surface area contributed by atoms with Gasteiger partial charge in [0.25, 0.3) is 0 Å². The third-order valence-corrected chi connectivity index (χ3v) is 6.71. The molecule has 4 aliphatic rings. The number of hydrogen-bond donors (Lipinski definition) is 1. The predicted molar refractivity (Wildman–Crippen MR) is 87.8 cm³/mol. The molecular weight excluding hydrogens is 274 g/mol. The topological polar surface area (TPSA) is 35.6 Å². The molecule has 22 heavy (non-hydrogen) atoms. The molecule has 2 atom stereocenters. The molecule has 0 aromatic carbocycles. The minimum absolute atomic E-state index is 0.225. The Morgan fingerprint density at radius 1 is 0.818 bits per heavy atom. The molecule has 124 valence electrons. The number of likely N-dealkylation sites (tertiary alicyclic amines) is 1. The zero-order valence-electron chi connectivity index (χ0n) is 13.8. The Morgan fingerprint density at radius 3 is 2.27 bits per heavy atom. The average Bonchev–Trinajstić information content (AvgIpc) is 3.09. The van der Waals surface area contributed by atoms with Crippen LogP contribution in [0.2, 0.25) is 0 Å². The highest BCUT2D eigenvalue weighted by molar-refractivity contribution is 5.76. The van der Waals surface area contributed by atoms with E-state index >= 15 is 0 Å². The Morgan fingerprint density at radius 2 is 1.50 bits per heavy atom. The number of piperidine rings is 1. The van der Waals surface area contributed by atoms with Gasteiger partial charge in [-0.15, -0.1) is 0 Å². The smallest absolute Gasteiger partial charge is 0.317 e. The molecule has 0 aromatic heterocycles. The highest BCUT2D eigenvalue weighted by atomic mass is 16.2. The second kappa shape index (κ2) is 6.38. The Bertz CT molecular complexity index is 399. The Kier molecular flexibility index (Phi) is 4.29. The van der Waals surface area contributed by atoms with Crippen LogP contribution in [0.15, 0.2) is 0 Å². The van der Waals surface area contributed by atoms with Crippen molar-refractivity contribution in [3.63, 3.8) is 0 Å². The molecule has 2 aliphatic carbocycles. The molecule has 0 aromatic rings. The molecule has 2 saturated carbocycles. The molecule has 4 rings (SSSR count). The summed E-state index contributed by atoms with van der Waals surface area (Å²) in [4.78, 5) is 17.5. The van der Waals surface area contributed by atoms with Crippen LogP contribution in [0, 0.1) is 5.92 Å². The molecule has 0 radical (unpaired) electrons. The lowest BCUT2D eigenvalue weighted by Crippen LogP contribution is -2.63. The van der Waals surface area contributed by atoms with Crippen molar-refractivity contribution >= 4 is 6.03 Å². The monoisotopic (exact) mass is 305 g/mol. The highest BCUT2D eigenvalue weighted by Gasteiger charge is 2.41. The first-order chi connectivity index (χ1) is 10.8. The van der Waals surface area contributed by atoms with Crippen LogP contribution in [0.4, 0.5) is 4.79 Å². The van der Waals surface area contributed by atoms with Crippen molar-refractivity contribution in [3.8, 4) is 0 Å². The second-order valence-electron chi connectivity index (χ2n) is 7.91. The van der Waals surface area contributed by atoms with E-state index in [0.717, 1.165) is 12.6 Å². The van der Waals surface area contributed by atoms with E-state index in [-0.39, 0.29) is 6.03 Å². The third kappa shape index (κ3) is 2.75. The Labute approximate surface area is 134 Å². The zero-order valence-corrected chi connectivity index (χ0v) is 13.8. The van der Waals surface area contributed by atoms with Gasteiger partial charge in [0, 0.05) is 37.8 Å². The fourth-order valence-corrected chi connectivity index (χ4v) is 5.49. The van der Waals surface area contributed by atoms with Crippen molar-refractivity contribution in [2.75, 3.05) is 19.6 Å². The molecule has 2 saturated heterocycles. The minimum atomic E-state index is 0.225. The van der Waals surface area contributed by atoms with E-state index in [1.807, 2.05) is 0 Å². The van der Waals surface area contributed by atoms with Crippen molar-refractivity contribution in [3.05, 3.63) is 0 Å². The molecule has 4 fully saturated rings. The first-order valence-electron chi connectivity index (χ1n) is 9.63. The van der Waals surface area contributed by atoms with Crippen LogP contribution in [0.25, 0.3) is 0 Å². The van der Waals surface area contributed by atoms with Crippen LogP contribution in [0.5, 0.6) is 0 Å². The molecule has 0 bridgehead atoms. The van der Waals surface area contributed by atoms with Gasteiger partial charge in [0.1, 0.15) is 0 Å². The van der Waals surface area contributed by atoms with Crippen LogP contribution in [0.3, 0.4) is 0 Å². The number of amides is 2. The fraction of sp³-hybridized carbons (Fsp3) is 0.944. The summed E-state index contributed by atoms with van der Waals surface area (Å²) in [5.74, 6) is 0.708. The zero-order chi connectivity index (χ0) is 14.9. The van der Waals surface area contributed by atoms with Crippen LogP contribution in [-0.2, 0) is 0 Å².